The van der Waals surface area contributed by atoms with Crippen LogP contribution in [0.3, 0.4) is 0 Å². The van der Waals surface area contributed by atoms with Crippen LogP contribution in [0.4, 0.5) is 0 Å². The molecular formula is C22H22N8O3S2. The van der Waals surface area contributed by atoms with Gasteiger partial charge in [0.15, 0.2) is 11.3 Å². The van der Waals surface area contributed by atoms with Crippen molar-refractivity contribution in [3.63, 3.8) is 0 Å². The van der Waals surface area contributed by atoms with Crippen molar-refractivity contribution in [3.05, 3.63) is 61.6 Å². The van der Waals surface area contributed by atoms with Gasteiger partial charge in [-0.1, -0.05) is 0 Å². The molecule has 0 saturated carbocycles. The Morgan fingerprint density at radius 2 is 1.83 bits per heavy atom. The number of hydrazine groups is 1. The number of hydrogen-bond donors (Lipinski definition) is 2. The van der Waals surface area contributed by atoms with Crippen molar-refractivity contribution in [2.24, 2.45) is 0 Å². The van der Waals surface area contributed by atoms with Crippen LogP contribution in [0, 0.1) is 13.8 Å². The van der Waals surface area contributed by atoms with E-state index in [1.807, 2.05) is 19.9 Å². The Kier molecular flexibility index (Phi) is 6.26. The van der Waals surface area contributed by atoms with Crippen LogP contribution in [-0.4, -0.2) is 60.5 Å². The van der Waals surface area contributed by atoms with Gasteiger partial charge in [-0.2, -0.15) is 16.4 Å². The van der Waals surface area contributed by atoms with Crippen molar-refractivity contribution in [1.82, 2.24) is 40.5 Å². The number of nitrogens with one attached hydrogen (secondary N) is 2. The van der Waals surface area contributed by atoms with E-state index in [1.54, 1.807) is 31.6 Å². The van der Waals surface area contributed by atoms with E-state index in [0.717, 1.165) is 23.5 Å². The fourth-order valence-corrected chi connectivity index (χ4v) is 5.58. The molecule has 1 aliphatic rings. The van der Waals surface area contributed by atoms with Crippen molar-refractivity contribution >= 4 is 46.0 Å². The summed E-state index contributed by atoms with van der Waals surface area (Å²) < 4.78 is 1.65. The normalized spacial score (nSPS) is 14.3. The van der Waals surface area contributed by atoms with E-state index in [-0.39, 0.29) is 23.4 Å². The maximum atomic E-state index is 13.1. The zero-order chi connectivity index (χ0) is 24.5. The van der Waals surface area contributed by atoms with E-state index >= 15 is 0 Å². The first kappa shape index (κ1) is 23.1. The summed E-state index contributed by atoms with van der Waals surface area (Å²) in [6.07, 6.45) is 1.45. The summed E-state index contributed by atoms with van der Waals surface area (Å²) in [6.45, 7) is 4.80. The van der Waals surface area contributed by atoms with E-state index in [0.29, 0.717) is 35.7 Å². The Morgan fingerprint density at radius 3 is 2.57 bits per heavy atom. The lowest BCUT2D eigenvalue weighted by Gasteiger charge is -2.31. The molecule has 0 bridgehead atoms. The molecule has 5 rings (SSSR count). The predicted molar refractivity (Wildman–Crippen MR) is 129 cm³/mol. The lowest BCUT2D eigenvalue weighted by Crippen LogP contribution is -2.41. The number of carbonyl (C=O) groups excluding carboxylic acids is 3. The summed E-state index contributed by atoms with van der Waals surface area (Å²) in [4.78, 5) is 43.7. The third kappa shape index (κ3) is 4.64. The molecule has 0 aliphatic carbocycles. The lowest BCUT2D eigenvalue weighted by atomic mass is 9.97. The Labute approximate surface area is 208 Å². The maximum Gasteiger partial charge on any atom is 0.289 e. The minimum Gasteiger partial charge on any atom is -0.337 e. The number of thiazole rings is 1. The molecular weight excluding hydrogens is 488 g/mol. The molecule has 35 heavy (non-hydrogen) atoms. The van der Waals surface area contributed by atoms with Crippen LogP contribution in [0.2, 0.25) is 0 Å². The molecule has 5 heterocycles. The number of rotatable bonds is 4. The predicted octanol–water partition coefficient (Wildman–Crippen LogP) is 2.35. The summed E-state index contributed by atoms with van der Waals surface area (Å²) >= 11 is 2.81. The SMILES string of the molecule is Cc1cc2nnc(C(=O)N3CCC(c4nc(C(=O)NNC(=O)c5ccsc5)cs4)CC3)c(C)n2n1. The zero-order valence-electron chi connectivity index (χ0n) is 19.0. The number of likely N-dealkylation sites (tertiary alicyclic amines) is 1. The van der Waals surface area contributed by atoms with E-state index in [2.05, 4.69) is 31.1 Å². The van der Waals surface area contributed by atoms with Crippen LogP contribution in [0.25, 0.3) is 5.65 Å². The highest BCUT2D eigenvalue weighted by atomic mass is 32.1. The average Bonchev–Trinajstić information content (AvgIpc) is 3.63. The van der Waals surface area contributed by atoms with Gasteiger partial charge in [0.1, 0.15) is 5.69 Å². The topological polar surface area (TPSA) is 134 Å². The maximum absolute atomic E-state index is 13.1. The second-order valence-electron chi connectivity index (χ2n) is 8.25. The molecule has 13 heteroatoms. The highest BCUT2D eigenvalue weighted by molar-refractivity contribution is 7.10. The molecule has 0 unspecified atom stereocenters. The molecule has 2 N–H and O–H groups in total. The van der Waals surface area contributed by atoms with Gasteiger partial charge in [0.25, 0.3) is 17.7 Å². The molecule has 0 atom stereocenters. The first-order chi connectivity index (χ1) is 16.9. The van der Waals surface area contributed by atoms with Crippen molar-refractivity contribution in [2.45, 2.75) is 32.6 Å². The van der Waals surface area contributed by atoms with Crippen molar-refractivity contribution < 1.29 is 14.4 Å². The van der Waals surface area contributed by atoms with Crippen LogP contribution >= 0.6 is 22.7 Å². The van der Waals surface area contributed by atoms with Crippen molar-refractivity contribution in [3.8, 4) is 0 Å². The quantitative estimate of drug-likeness (QED) is 0.403. The van der Waals surface area contributed by atoms with Crippen molar-refractivity contribution in [2.75, 3.05) is 13.1 Å². The number of thiophene rings is 1. The van der Waals surface area contributed by atoms with Gasteiger partial charge in [0.05, 0.1) is 22.0 Å². The number of nitrogens with zero attached hydrogens (tertiary/aromatic N) is 6. The minimum absolute atomic E-state index is 0.148. The van der Waals surface area contributed by atoms with Crippen LogP contribution in [0.5, 0.6) is 0 Å². The molecule has 4 aromatic rings. The van der Waals surface area contributed by atoms with E-state index < -0.39 is 5.91 Å². The fraction of sp³-hybridized carbons (Fsp3) is 0.318. The first-order valence-corrected chi connectivity index (χ1v) is 12.8. The number of amides is 3. The fourth-order valence-electron chi connectivity index (χ4n) is 3.98. The molecule has 0 spiro atoms. The second kappa shape index (κ2) is 9.50. The van der Waals surface area contributed by atoms with Gasteiger partial charge in [-0.3, -0.25) is 25.2 Å². The second-order valence-corrected chi connectivity index (χ2v) is 9.92. The smallest absolute Gasteiger partial charge is 0.289 e. The first-order valence-electron chi connectivity index (χ1n) is 11.0. The number of aromatic nitrogens is 5. The Bertz CT molecular complexity index is 1400. The molecule has 4 aromatic heterocycles. The number of carbonyl (C=O) groups is 3. The molecule has 180 valence electrons. The standard InChI is InChI=1S/C22H22N8O3S2/c1-12-9-17-24-25-18(13(2)30(17)28-12)22(33)29-6-3-14(4-7-29)21-23-16(11-35-21)20(32)27-26-19(31)15-5-8-34-10-15/h5,8-11,14H,3-4,6-7H2,1-2H3,(H,26,31)(H,27,32). The van der Waals surface area contributed by atoms with Gasteiger partial charge >= 0.3 is 0 Å². The number of fused-ring (bicyclic) bond motifs is 1. The number of hydrogen-bond acceptors (Lipinski definition) is 9. The zero-order valence-corrected chi connectivity index (χ0v) is 20.7. The van der Waals surface area contributed by atoms with Crippen LogP contribution in [-0.2, 0) is 0 Å². The van der Waals surface area contributed by atoms with Crippen LogP contribution in [0.1, 0.15) is 66.5 Å². The van der Waals surface area contributed by atoms with Gasteiger partial charge in [-0.25, -0.2) is 9.50 Å². The van der Waals surface area contributed by atoms with Crippen LogP contribution < -0.4 is 10.9 Å². The molecule has 11 nitrogen and oxygen atoms in total. The van der Waals surface area contributed by atoms with Crippen LogP contribution in [0.15, 0.2) is 28.3 Å². The Morgan fingerprint density at radius 1 is 1.06 bits per heavy atom. The number of aryl methyl sites for hydroxylation is 2. The highest BCUT2D eigenvalue weighted by Gasteiger charge is 2.29. The molecule has 1 fully saturated rings. The van der Waals surface area contributed by atoms with Gasteiger partial charge in [0, 0.05) is 35.8 Å². The average molecular weight is 511 g/mol. The summed E-state index contributed by atoms with van der Waals surface area (Å²) in [6, 6.07) is 3.49. The van der Waals surface area contributed by atoms with E-state index in [1.165, 1.54) is 22.7 Å². The molecule has 1 saturated heterocycles. The lowest BCUT2D eigenvalue weighted by molar-refractivity contribution is 0.0703. The van der Waals surface area contributed by atoms with Gasteiger partial charge in [-0.15, -0.1) is 21.5 Å². The largest absolute Gasteiger partial charge is 0.337 e. The summed E-state index contributed by atoms with van der Waals surface area (Å²) in [5, 5.41) is 18.7. The third-order valence-electron chi connectivity index (χ3n) is 5.89. The van der Waals surface area contributed by atoms with E-state index in [9.17, 15) is 14.4 Å². The molecule has 1 aliphatic heterocycles. The summed E-state index contributed by atoms with van der Waals surface area (Å²) in [5.41, 5.74) is 7.93. The monoisotopic (exact) mass is 510 g/mol. The molecule has 0 aromatic carbocycles. The van der Waals surface area contributed by atoms with Gasteiger partial charge < -0.3 is 4.90 Å². The van der Waals surface area contributed by atoms with Crippen molar-refractivity contribution in [1.29, 1.82) is 0 Å². The molecule has 3 amide bonds. The van der Waals surface area contributed by atoms with Gasteiger partial charge in [0.2, 0.25) is 0 Å². The molecule has 0 radical (unpaired) electrons. The summed E-state index contributed by atoms with van der Waals surface area (Å²) in [7, 11) is 0. The Balaban J connectivity index is 1.18. The third-order valence-corrected chi connectivity index (χ3v) is 7.58. The summed E-state index contributed by atoms with van der Waals surface area (Å²) in [5.74, 6) is -0.866. The van der Waals surface area contributed by atoms with Gasteiger partial charge in [-0.05, 0) is 38.1 Å². The Hall–Kier alpha value is -3.71. The van der Waals surface area contributed by atoms with E-state index in [4.69, 9.17) is 0 Å². The number of piperidine rings is 1. The highest BCUT2D eigenvalue weighted by Crippen LogP contribution is 2.31. The minimum atomic E-state index is -0.470.